The summed E-state index contributed by atoms with van der Waals surface area (Å²) in [5, 5.41) is 12.7. The van der Waals surface area contributed by atoms with Gasteiger partial charge in [-0.25, -0.2) is 13.8 Å². The first-order chi connectivity index (χ1) is 15.9. The number of nitriles is 1. The highest BCUT2D eigenvalue weighted by Crippen LogP contribution is 2.25. The number of benzene rings is 3. The van der Waals surface area contributed by atoms with E-state index in [9.17, 15) is 13.2 Å². The smallest absolute Gasteiger partial charge is 0.264 e. The molecule has 0 fully saturated rings. The average Bonchev–Trinajstić information content (AvgIpc) is 2.84. The summed E-state index contributed by atoms with van der Waals surface area (Å²) in [7, 11) is -4.01. The molecule has 0 heterocycles. The monoisotopic (exact) mass is 462 g/mol. The van der Waals surface area contributed by atoms with Gasteiger partial charge >= 0.3 is 0 Å². The summed E-state index contributed by atoms with van der Waals surface area (Å²) in [4.78, 5) is 12.6. The Kier molecular flexibility index (Phi) is 7.78. The Labute approximate surface area is 192 Å². The van der Waals surface area contributed by atoms with Crippen molar-refractivity contribution in [2.24, 2.45) is 5.10 Å². The largest absolute Gasteiger partial charge is 0.494 e. The molecule has 8 nitrogen and oxygen atoms in total. The Balaban J connectivity index is 1.80. The molecule has 168 valence electrons. The van der Waals surface area contributed by atoms with E-state index in [-0.39, 0.29) is 4.90 Å². The molecule has 9 heteroatoms. The van der Waals surface area contributed by atoms with Gasteiger partial charge in [0.25, 0.3) is 15.9 Å². The molecule has 3 aromatic rings. The van der Waals surface area contributed by atoms with Crippen LogP contribution in [0.3, 0.4) is 0 Å². The zero-order valence-corrected chi connectivity index (χ0v) is 18.7. The molecule has 0 radical (unpaired) electrons. The maximum absolute atomic E-state index is 13.3. The molecule has 0 atom stereocenters. The van der Waals surface area contributed by atoms with Crippen LogP contribution in [-0.2, 0) is 14.8 Å². The van der Waals surface area contributed by atoms with E-state index in [4.69, 9.17) is 10.00 Å². The number of anilines is 1. The Morgan fingerprint density at radius 3 is 2.33 bits per heavy atom. The third-order valence-corrected chi connectivity index (χ3v) is 6.28. The number of hydrogen-bond acceptors (Lipinski definition) is 6. The molecule has 0 bridgehead atoms. The number of rotatable bonds is 9. The van der Waals surface area contributed by atoms with Crippen LogP contribution in [0.2, 0.25) is 0 Å². The summed E-state index contributed by atoms with van der Waals surface area (Å²) in [5.74, 6) is -0.0249. The van der Waals surface area contributed by atoms with Gasteiger partial charge in [-0.2, -0.15) is 10.4 Å². The number of nitrogens with one attached hydrogen (secondary N) is 1. The Bertz CT molecular complexity index is 1250. The molecule has 1 N–H and O–H groups in total. The van der Waals surface area contributed by atoms with Crippen LogP contribution < -0.4 is 14.5 Å². The number of hydrazone groups is 1. The van der Waals surface area contributed by atoms with Crippen LogP contribution in [-0.4, -0.2) is 33.7 Å². The van der Waals surface area contributed by atoms with E-state index in [2.05, 4.69) is 10.5 Å². The predicted octanol–water partition coefficient (Wildman–Crippen LogP) is 3.30. The van der Waals surface area contributed by atoms with Crippen LogP contribution >= 0.6 is 0 Å². The first kappa shape index (κ1) is 23.5. The normalized spacial score (nSPS) is 11.0. The molecule has 0 saturated carbocycles. The van der Waals surface area contributed by atoms with Crippen LogP contribution in [0.1, 0.15) is 18.1 Å². The minimum absolute atomic E-state index is 0.0627. The topological polar surface area (TPSA) is 112 Å². The fraction of sp³-hybridized carbons (Fsp3) is 0.125. The van der Waals surface area contributed by atoms with E-state index in [1.807, 2.05) is 13.0 Å². The van der Waals surface area contributed by atoms with Crippen molar-refractivity contribution in [3.63, 3.8) is 0 Å². The van der Waals surface area contributed by atoms with Gasteiger partial charge in [0.1, 0.15) is 12.3 Å². The quantitative estimate of drug-likeness (QED) is 0.387. The SMILES string of the molecule is CCOc1ccc(N(CC(=O)N/N=C/c2ccc(C#N)cc2)S(=O)(=O)c2ccccc2)cc1. The molecule has 3 rings (SSSR count). The third-order valence-electron chi connectivity index (χ3n) is 4.50. The number of carbonyl (C=O) groups is 1. The van der Waals surface area contributed by atoms with Crippen molar-refractivity contribution < 1.29 is 17.9 Å². The second-order valence-electron chi connectivity index (χ2n) is 6.78. The summed E-state index contributed by atoms with van der Waals surface area (Å²) in [6, 6.07) is 23.0. The van der Waals surface area contributed by atoms with Gasteiger partial charge in [0, 0.05) is 0 Å². The van der Waals surface area contributed by atoms with Gasteiger partial charge in [-0.05, 0) is 61.0 Å². The van der Waals surface area contributed by atoms with Crippen molar-refractivity contribution in [1.29, 1.82) is 5.26 Å². The first-order valence-corrected chi connectivity index (χ1v) is 11.5. The lowest BCUT2D eigenvalue weighted by molar-refractivity contribution is -0.119. The maximum Gasteiger partial charge on any atom is 0.264 e. The van der Waals surface area contributed by atoms with E-state index in [0.29, 0.717) is 29.2 Å². The standard InChI is InChI=1S/C24H22N4O4S/c1-2-32-22-14-12-21(13-15-22)28(33(30,31)23-6-4-3-5-7-23)18-24(29)27-26-17-20-10-8-19(16-25)9-11-20/h3-15,17H,2,18H2,1H3,(H,27,29)/b26-17+. The zero-order valence-electron chi connectivity index (χ0n) is 17.9. The van der Waals surface area contributed by atoms with Gasteiger partial charge in [-0.3, -0.25) is 9.10 Å². The summed E-state index contributed by atoms with van der Waals surface area (Å²) in [6.45, 7) is 1.85. The highest BCUT2D eigenvalue weighted by Gasteiger charge is 2.27. The van der Waals surface area contributed by atoms with E-state index >= 15 is 0 Å². The highest BCUT2D eigenvalue weighted by molar-refractivity contribution is 7.92. The Morgan fingerprint density at radius 1 is 1.06 bits per heavy atom. The number of carbonyl (C=O) groups excluding carboxylic acids is 1. The molecule has 0 aliphatic carbocycles. The lowest BCUT2D eigenvalue weighted by Crippen LogP contribution is -2.39. The number of hydrogen-bond donors (Lipinski definition) is 1. The van der Waals surface area contributed by atoms with Crippen LogP contribution in [0.25, 0.3) is 0 Å². The number of ether oxygens (including phenoxy) is 1. The van der Waals surface area contributed by atoms with Crippen molar-refractivity contribution in [3.8, 4) is 11.8 Å². The minimum Gasteiger partial charge on any atom is -0.494 e. The molecule has 0 saturated heterocycles. The molecule has 1 amide bonds. The van der Waals surface area contributed by atoms with E-state index in [1.165, 1.54) is 18.3 Å². The average molecular weight is 463 g/mol. The number of amides is 1. The molecular weight excluding hydrogens is 440 g/mol. The highest BCUT2D eigenvalue weighted by atomic mass is 32.2. The fourth-order valence-electron chi connectivity index (χ4n) is 2.90. The maximum atomic E-state index is 13.3. The molecule has 0 aliphatic rings. The summed E-state index contributed by atoms with van der Waals surface area (Å²) in [6.07, 6.45) is 1.41. The molecular formula is C24H22N4O4S. The van der Waals surface area contributed by atoms with Crippen molar-refractivity contribution >= 4 is 27.8 Å². The molecule has 0 aromatic heterocycles. The molecule has 3 aromatic carbocycles. The van der Waals surface area contributed by atoms with Gasteiger partial charge in [-0.15, -0.1) is 0 Å². The molecule has 0 unspecified atom stereocenters. The van der Waals surface area contributed by atoms with Crippen molar-refractivity contribution in [2.45, 2.75) is 11.8 Å². The van der Waals surface area contributed by atoms with Gasteiger partial charge in [0.15, 0.2) is 0 Å². The second kappa shape index (κ2) is 10.9. The van der Waals surface area contributed by atoms with E-state index in [0.717, 1.165) is 4.31 Å². The van der Waals surface area contributed by atoms with Crippen LogP contribution in [0.15, 0.2) is 88.9 Å². The molecule has 0 spiro atoms. The van der Waals surface area contributed by atoms with E-state index < -0.39 is 22.5 Å². The molecule has 0 aliphatic heterocycles. The van der Waals surface area contributed by atoms with Crippen LogP contribution in [0.5, 0.6) is 5.75 Å². The number of sulfonamides is 1. The zero-order chi connectivity index (χ0) is 23.7. The Hall–Kier alpha value is -4.16. The van der Waals surface area contributed by atoms with Crippen LogP contribution in [0, 0.1) is 11.3 Å². The summed E-state index contributed by atoms with van der Waals surface area (Å²) in [5.41, 5.74) is 3.85. The van der Waals surface area contributed by atoms with Crippen molar-refractivity contribution in [2.75, 3.05) is 17.5 Å². The number of nitrogens with zero attached hydrogens (tertiary/aromatic N) is 3. The van der Waals surface area contributed by atoms with Crippen molar-refractivity contribution in [1.82, 2.24) is 5.43 Å². The molecule has 33 heavy (non-hydrogen) atoms. The van der Waals surface area contributed by atoms with Gasteiger partial charge in [-0.1, -0.05) is 30.3 Å². The minimum atomic E-state index is -4.01. The van der Waals surface area contributed by atoms with Crippen LogP contribution in [0.4, 0.5) is 5.69 Å². The lowest BCUT2D eigenvalue weighted by Gasteiger charge is -2.24. The Morgan fingerprint density at radius 2 is 1.73 bits per heavy atom. The fourth-order valence-corrected chi connectivity index (χ4v) is 4.34. The second-order valence-corrected chi connectivity index (χ2v) is 8.64. The van der Waals surface area contributed by atoms with E-state index in [1.54, 1.807) is 66.7 Å². The van der Waals surface area contributed by atoms with Gasteiger partial charge in [0.05, 0.1) is 35.0 Å². The summed E-state index contributed by atoms with van der Waals surface area (Å²) < 4.78 is 33.0. The lowest BCUT2D eigenvalue weighted by atomic mass is 10.2. The van der Waals surface area contributed by atoms with Crippen molar-refractivity contribution in [3.05, 3.63) is 90.0 Å². The third kappa shape index (κ3) is 6.18. The predicted molar refractivity (Wildman–Crippen MR) is 125 cm³/mol. The van der Waals surface area contributed by atoms with Gasteiger partial charge in [0.2, 0.25) is 0 Å². The summed E-state index contributed by atoms with van der Waals surface area (Å²) >= 11 is 0. The van der Waals surface area contributed by atoms with Gasteiger partial charge < -0.3 is 4.74 Å². The first-order valence-electron chi connectivity index (χ1n) is 10.1.